The molecule has 0 saturated heterocycles. The van der Waals surface area contributed by atoms with Crippen LogP contribution in [0.4, 0.5) is 8.78 Å². The molecule has 19 heavy (non-hydrogen) atoms. The number of aryl methyl sites for hydroxylation is 1. The monoisotopic (exact) mass is 374 g/mol. The van der Waals surface area contributed by atoms with Gasteiger partial charge in [-0.25, -0.2) is 8.78 Å². The minimum absolute atomic E-state index is 0.0586. The van der Waals surface area contributed by atoms with E-state index in [1.165, 1.54) is 12.1 Å². The second-order valence-electron chi connectivity index (χ2n) is 4.41. The van der Waals surface area contributed by atoms with E-state index in [0.717, 1.165) is 20.8 Å². The van der Waals surface area contributed by atoms with Gasteiger partial charge in [0, 0.05) is 9.99 Å². The van der Waals surface area contributed by atoms with Crippen molar-refractivity contribution >= 4 is 22.6 Å². The Morgan fingerprint density at radius 3 is 2.58 bits per heavy atom. The Morgan fingerprint density at radius 1 is 1.16 bits per heavy atom. The summed E-state index contributed by atoms with van der Waals surface area (Å²) >= 11 is 2.15. The van der Waals surface area contributed by atoms with Crippen LogP contribution in [-0.4, -0.2) is 5.11 Å². The number of rotatable bonds is 3. The molecule has 100 valence electrons. The van der Waals surface area contributed by atoms with Crippen molar-refractivity contribution in [2.45, 2.75) is 19.4 Å². The SMILES string of the molecule is Cc1cccc(C(O)Cc2cccc(F)c2F)c1I. The highest BCUT2D eigenvalue weighted by atomic mass is 127. The fraction of sp³-hybridized carbons (Fsp3) is 0.200. The lowest BCUT2D eigenvalue weighted by molar-refractivity contribution is 0.176. The highest BCUT2D eigenvalue weighted by Crippen LogP contribution is 2.26. The zero-order chi connectivity index (χ0) is 14.0. The van der Waals surface area contributed by atoms with Gasteiger partial charge in [-0.3, -0.25) is 0 Å². The minimum atomic E-state index is -0.886. The van der Waals surface area contributed by atoms with Gasteiger partial charge in [-0.05, 0) is 52.3 Å². The topological polar surface area (TPSA) is 20.2 Å². The Bertz CT molecular complexity index is 599. The molecule has 0 spiro atoms. The van der Waals surface area contributed by atoms with Crippen molar-refractivity contribution in [3.05, 3.63) is 68.3 Å². The van der Waals surface area contributed by atoms with Crippen LogP contribution in [0, 0.1) is 22.1 Å². The number of benzene rings is 2. The zero-order valence-corrected chi connectivity index (χ0v) is 12.5. The molecule has 2 aromatic rings. The Balaban J connectivity index is 2.28. The van der Waals surface area contributed by atoms with Gasteiger partial charge in [-0.1, -0.05) is 30.3 Å². The Kier molecular flexibility index (Phi) is 4.52. The predicted octanol–water partition coefficient (Wildman–Crippen LogP) is 4.15. The minimum Gasteiger partial charge on any atom is -0.388 e. The van der Waals surface area contributed by atoms with E-state index in [2.05, 4.69) is 22.6 Å². The van der Waals surface area contributed by atoms with E-state index < -0.39 is 17.7 Å². The van der Waals surface area contributed by atoms with Gasteiger partial charge < -0.3 is 5.11 Å². The zero-order valence-electron chi connectivity index (χ0n) is 10.3. The lowest BCUT2D eigenvalue weighted by Crippen LogP contribution is -2.07. The summed E-state index contributed by atoms with van der Waals surface area (Å²) in [6.45, 7) is 1.95. The van der Waals surface area contributed by atoms with Gasteiger partial charge in [0.2, 0.25) is 0 Å². The standard InChI is InChI=1S/C15H13F2IO/c1-9-4-2-6-11(15(9)18)13(19)8-10-5-3-7-12(16)14(10)17/h2-7,13,19H,8H2,1H3. The fourth-order valence-corrected chi connectivity index (χ4v) is 2.67. The molecule has 0 aromatic heterocycles. The van der Waals surface area contributed by atoms with Crippen LogP contribution in [0.1, 0.15) is 22.8 Å². The molecular weight excluding hydrogens is 361 g/mol. The maximum Gasteiger partial charge on any atom is 0.162 e. The molecule has 0 amide bonds. The first kappa shape index (κ1) is 14.4. The van der Waals surface area contributed by atoms with E-state index in [-0.39, 0.29) is 12.0 Å². The normalized spacial score (nSPS) is 12.5. The van der Waals surface area contributed by atoms with E-state index >= 15 is 0 Å². The maximum atomic E-state index is 13.6. The lowest BCUT2D eigenvalue weighted by Gasteiger charge is -2.15. The number of hydrogen-bond donors (Lipinski definition) is 1. The van der Waals surface area contributed by atoms with Crippen LogP contribution < -0.4 is 0 Å². The third-order valence-corrected chi connectivity index (χ3v) is 4.50. The Hall–Kier alpha value is -1.01. The molecule has 0 aliphatic rings. The van der Waals surface area contributed by atoms with Gasteiger partial charge in [-0.15, -0.1) is 0 Å². The van der Waals surface area contributed by atoms with E-state index in [1.54, 1.807) is 6.07 Å². The summed E-state index contributed by atoms with van der Waals surface area (Å²) in [7, 11) is 0. The van der Waals surface area contributed by atoms with Crippen LogP contribution in [0.3, 0.4) is 0 Å². The molecular formula is C15H13F2IO. The van der Waals surface area contributed by atoms with Gasteiger partial charge >= 0.3 is 0 Å². The summed E-state index contributed by atoms with van der Waals surface area (Å²) in [6.07, 6.45) is -0.786. The molecule has 1 N–H and O–H groups in total. The van der Waals surface area contributed by atoms with Crippen molar-refractivity contribution in [2.24, 2.45) is 0 Å². The van der Waals surface area contributed by atoms with Crippen molar-refractivity contribution in [1.29, 1.82) is 0 Å². The summed E-state index contributed by atoms with van der Waals surface area (Å²) in [4.78, 5) is 0. The van der Waals surface area contributed by atoms with Crippen LogP contribution in [0.5, 0.6) is 0 Å². The lowest BCUT2D eigenvalue weighted by atomic mass is 9.99. The molecule has 0 aliphatic heterocycles. The number of aliphatic hydroxyl groups excluding tert-OH is 1. The largest absolute Gasteiger partial charge is 0.388 e. The molecule has 0 bridgehead atoms. The van der Waals surface area contributed by atoms with Crippen LogP contribution in [0.2, 0.25) is 0 Å². The highest BCUT2D eigenvalue weighted by molar-refractivity contribution is 14.1. The van der Waals surface area contributed by atoms with Crippen LogP contribution in [0.15, 0.2) is 36.4 Å². The first-order valence-electron chi connectivity index (χ1n) is 5.86. The molecule has 0 saturated carbocycles. The number of hydrogen-bond acceptors (Lipinski definition) is 1. The summed E-state index contributed by atoms with van der Waals surface area (Å²) < 4.78 is 27.6. The Labute approximate surface area is 124 Å². The van der Waals surface area contributed by atoms with Gasteiger partial charge in [-0.2, -0.15) is 0 Å². The van der Waals surface area contributed by atoms with Crippen molar-refractivity contribution < 1.29 is 13.9 Å². The third-order valence-electron chi connectivity index (χ3n) is 3.03. The van der Waals surface area contributed by atoms with Crippen molar-refractivity contribution in [2.75, 3.05) is 0 Å². The maximum absolute atomic E-state index is 13.6. The molecule has 1 unspecified atom stereocenters. The van der Waals surface area contributed by atoms with Gasteiger partial charge in [0.05, 0.1) is 6.10 Å². The molecule has 2 aromatic carbocycles. The Morgan fingerprint density at radius 2 is 1.84 bits per heavy atom. The summed E-state index contributed by atoms with van der Waals surface area (Å²) in [6, 6.07) is 9.60. The molecule has 1 atom stereocenters. The van der Waals surface area contributed by atoms with Gasteiger partial charge in [0.15, 0.2) is 11.6 Å². The predicted molar refractivity (Wildman–Crippen MR) is 78.9 cm³/mol. The van der Waals surface area contributed by atoms with E-state index in [0.29, 0.717) is 0 Å². The third kappa shape index (κ3) is 3.12. The first-order valence-corrected chi connectivity index (χ1v) is 6.94. The van der Waals surface area contributed by atoms with Crippen molar-refractivity contribution in [3.8, 4) is 0 Å². The number of halogens is 3. The molecule has 2 rings (SSSR count). The van der Waals surface area contributed by atoms with E-state index in [4.69, 9.17) is 0 Å². The van der Waals surface area contributed by atoms with Crippen molar-refractivity contribution in [1.82, 2.24) is 0 Å². The van der Waals surface area contributed by atoms with Gasteiger partial charge in [0.1, 0.15) is 0 Å². The van der Waals surface area contributed by atoms with Crippen LogP contribution in [-0.2, 0) is 6.42 Å². The summed E-state index contributed by atoms with van der Waals surface area (Å²) in [5.41, 5.74) is 1.98. The molecule has 4 heteroatoms. The average molecular weight is 374 g/mol. The van der Waals surface area contributed by atoms with E-state index in [9.17, 15) is 13.9 Å². The van der Waals surface area contributed by atoms with E-state index in [1.807, 2.05) is 19.1 Å². The summed E-state index contributed by atoms with van der Waals surface area (Å²) in [5, 5.41) is 10.2. The smallest absolute Gasteiger partial charge is 0.162 e. The summed E-state index contributed by atoms with van der Waals surface area (Å²) in [5.74, 6) is -1.77. The number of aliphatic hydroxyl groups is 1. The first-order chi connectivity index (χ1) is 9.00. The highest BCUT2D eigenvalue weighted by Gasteiger charge is 2.16. The average Bonchev–Trinajstić information content (AvgIpc) is 2.38. The van der Waals surface area contributed by atoms with Crippen LogP contribution >= 0.6 is 22.6 Å². The molecule has 0 radical (unpaired) electrons. The molecule has 0 aliphatic carbocycles. The van der Waals surface area contributed by atoms with Gasteiger partial charge in [0.25, 0.3) is 0 Å². The van der Waals surface area contributed by atoms with Crippen LogP contribution in [0.25, 0.3) is 0 Å². The fourth-order valence-electron chi connectivity index (χ4n) is 1.95. The molecule has 0 fully saturated rings. The second-order valence-corrected chi connectivity index (χ2v) is 5.49. The quantitative estimate of drug-likeness (QED) is 0.801. The second kappa shape index (κ2) is 5.96. The molecule has 1 nitrogen and oxygen atoms in total. The molecule has 0 heterocycles. The van der Waals surface area contributed by atoms with Crippen molar-refractivity contribution in [3.63, 3.8) is 0 Å².